The van der Waals surface area contributed by atoms with Gasteiger partial charge in [0, 0.05) is 16.1 Å². The lowest BCUT2D eigenvalue weighted by Gasteiger charge is -2.21. The number of ether oxygens (including phenoxy) is 1. The molecule has 1 heterocycles. The molecule has 0 aliphatic carbocycles. The van der Waals surface area contributed by atoms with E-state index in [0.29, 0.717) is 10.6 Å². The Hall–Kier alpha value is -4.00. The van der Waals surface area contributed by atoms with E-state index >= 15 is 0 Å². The third-order valence-corrected chi connectivity index (χ3v) is 6.57. The second kappa shape index (κ2) is 9.57. The lowest BCUT2D eigenvalue weighted by Crippen LogP contribution is -2.38. The quantitative estimate of drug-likeness (QED) is 0.145. The van der Waals surface area contributed by atoms with Gasteiger partial charge in [-0.25, -0.2) is 4.79 Å². The molecule has 0 radical (unpaired) electrons. The SMILES string of the molecule is O=C(Nc1ccc(Cl)cc1Cl)C(=O)C(C(=O)c1ccc2ccccc2c1)C1OC(=O)c2ccccc21. The van der Waals surface area contributed by atoms with Gasteiger partial charge in [0.05, 0.1) is 16.3 Å². The van der Waals surface area contributed by atoms with Crippen LogP contribution < -0.4 is 5.32 Å². The molecule has 0 saturated heterocycles. The van der Waals surface area contributed by atoms with Gasteiger partial charge in [0.25, 0.3) is 5.91 Å². The highest BCUT2D eigenvalue weighted by Gasteiger charge is 2.46. The Morgan fingerprint density at radius 3 is 2.33 bits per heavy atom. The van der Waals surface area contributed by atoms with Crippen molar-refractivity contribution >= 4 is 63.1 Å². The molecule has 4 aromatic rings. The highest BCUT2D eigenvalue weighted by atomic mass is 35.5. The summed E-state index contributed by atoms with van der Waals surface area (Å²) in [5.74, 6) is -5.05. The predicted molar refractivity (Wildman–Crippen MR) is 136 cm³/mol. The van der Waals surface area contributed by atoms with Crippen LogP contribution in [0.4, 0.5) is 5.69 Å². The smallest absolute Gasteiger partial charge is 0.339 e. The molecule has 0 bridgehead atoms. The van der Waals surface area contributed by atoms with Crippen LogP contribution in [0.2, 0.25) is 10.0 Å². The Bertz CT molecular complexity index is 1560. The average molecular weight is 518 g/mol. The number of rotatable bonds is 6. The number of carbonyl (C=O) groups excluding carboxylic acids is 4. The summed E-state index contributed by atoms with van der Waals surface area (Å²) in [6.45, 7) is 0. The van der Waals surface area contributed by atoms with Crippen LogP contribution in [-0.4, -0.2) is 23.4 Å². The van der Waals surface area contributed by atoms with Crippen molar-refractivity contribution in [1.29, 1.82) is 0 Å². The van der Waals surface area contributed by atoms with Crippen molar-refractivity contribution in [2.45, 2.75) is 6.10 Å². The van der Waals surface area contributed by atoms with Crippen molar-refractivity contribution in [3.63, 3.8) is 0 Å². The minimum atomic E-state index is -1.61. The van der Waals surface area contributed by atoms with E-state index in [0.717, 1.165) is 10.8 Å². The van der Waals surface area contributed by atoms with Crippen LogP contribution in [0.3, 0.4) is 0 Å². The predicted octanol–water partition coefficient (Wildman–Crippen LogP) is 6.07. The Morgan fingerprint density at radius 2 is 1.56 bits per heavy atom. The number of anilines is 1. The second-order valence-corrected chi connectivity index (χ2v) is 9.10. The average Bonchev–Trinajstić information content (AvgIpc) is 3.21. The molecule has 1 aliphatic heterocycles. The number of carbonyl (C=O) groups is 4. The van der Waals surface area contributed by atoms with Gasteiger partial charge in [0.1, 0.15) is 12.0 Å². The van der Waals surface area contributed by atoms with Crippen molar-refractivity contribution in [2.75, 3.05) is 5.32 Å². The van der Waals surface area contributed by atoms with Crippen LogP contribution in [0, 0.1) is 5.92 Å². The maximum Gasteiger partial charge on any atom is 0.339 e. The van der Waals surface area contributed by atoms with Gasteiger partial charge in [-0.2, -0.15) is 0 Å². The van der Waals surface area contributed by atoms with E-state index in [2.05, 4.69) is 5.32 Å². The van der Waals surface area contributed by atoms with E-state index in [1.54, 1.807) is 42.5 Å². The number of esters is 1. The van der Waals surface area contributed by atoms with Gasteiger partial charge >= 0.3 is 5.97 Å². The summed E-state index contributed by atoms with van der Waals surface area (Å²) in [4.78, 5) is 52.8. The third-order valence-electron chi connectivity index (χ3n) is 6.03. The zero-order valence-electron chi connectivity index (χ0n) is 18.5. The van der Waals surface area contributed by atoms with Crippen molar-refractivity contribution in [2.24, 2.45) is 5.92 Å². The van der Waals surface area contributed by atoms with Crippen molar-refractivity contribution in [3.8, 4) is 0 Å². The minimum Gasteiger partial charge on any atom is -0.453 e. The molecule has 4 aromatic carbocycles. The number of hydrogen-bond acceptors (Lipinski definition) is 5. The summed E-state index contributed by atoms with van der Waals surface area (Å²) in [7, 11) is 0. The lowest BCUT2D eigenvalue weighted by atomic mass is 9.84. The number of halogens is 2. The largest absolute Gasteiger partial charge is 0.453 e. The molecule has 0 saturated carbocycles. The van der Waals surface area contributed by atoms with Gasteiger partial charge in [0.15, 0.2) is 5.78 Å². The highest BCUT2D eigenvalue weighted by Crippen LogP contribution is 2.38. The van der Waals surface area contributed by atoms with E-state index in [9.17, 15) is 19.2 Å². The van der Waals surface area contributed by atoms with Crippen LogP contribution in [0.15, 0.2) is 84.9 Å². The molecule has 2 unspecified atom stereocenters. The van der Waals surface area contributed by atoms with Crippen LogP contribution >= 0.6 is 23.2 Å². The van der Waals surface area contributed by atoms with Gasteiger partial charge in [-0.05, 0) is 41.1 Å². The summed E-state index contributed by atoms with van der Waals surface area (Å²) in [5.41, 5.74) is 0.977. The molecule has 1 N–H and O–H groups in total. The number of hydrogen-bond donors (Lipinski definition) is 1. The zero-order chi connectivity index (χ0) is 25.4. The monoisotopic (exact) mass is 517 g/mol. The fourth-order valence-electron chi connectivity index (χ4n) is 4.25. The Balaban J connectivity index is 1.54. The summed E-state index contributed by atoms with van der Waals surface area (Å²) in [5, 5.41) is 4.61. The van der Waals surface area contributed by atoms with E-state index in [4.69, 9.17) is 27.9 Å². The molecule has 6 nitrogen and oxygen atoms in total. The van der Waals surface area contributed by atoms with Crippen molar-refractivity contribution in [1.82, 2.24) is 0 Å². The maximum absolute atomic E-state index is 13.8. The highest BCUT2D eigenvalue weighted by molar-refractivity contribution is 6.46. The molecule has 1 amide bonds. The van der Waals surface area contributed by atoms with E-state index in [1.165, 1.54) is 18.2 Å². The molecule has 178 valence electrons. The van der Waals surface area contributed by atoms with Gasteiger partial charge in [0.2, 0.25) is 5.78 Å². The van der Waals surface area contributed by atoms with Crippen LogP contribution in [0.5, 0.6) is 0 Å². The van der Waals surface area contributed by atoms with E-state index in [1.807, 2.05) is 24.3 Å². The maximum atomic E-state index is 13.8. The van der Waals surface area contributed by atoms with E-state index < -0.39 is 35.5 Å². The summed E-state index contributed by atoms with van der Waals surface area (Å²) in [6.07, 6.45) is -1.26. The first kappa shape index (κ1) is 23.7. The molecule has 36 heavy (non-hydrogen) atoms. The molecule has 0 fully saturated rings. The first-order valence-corrected chi connectivity index (χ1v) is 11.7. The van der Waals surface area contributed by atoms with Gasteiger partial charge in [-0.15, -0.1) is 0 Å². The molecule has 5 rings (SSSR count). The number of amides is 1. The first-order chi connectivity index (χ1) is 17.3. The van der Waals surface area contributed by atoms with Crippen LogP contribution in [-0.2, 0) is 14.3 Å². The Morgan fingerprint density at radius 1 is 0.833 bits per heavy atom. The second-order valence-electron chi connectivity index (χ2n) is 8.26. The number of fused-ring (bicyclic) bond motifs is 2. The molecule has 0 spiro atoms. The summed E-state index contributed by atoms with van der Waals surface area (Å²) < 4.78 is 5.48. The van der Waals surface area contributed by atoms with Crippen LogP contribution in [0.25, 0.3) is 10.8 Å². The number of benzene rings is 4. The Labute approximate surface area is 215 Å². The van der Waals surface area contributed by atoms with Crippen molar-refractivity contribution < 1.29 is 23.9 Å². The van der Waals surface area contributed by atoms with Gasteiger partial charge < -0.3 is 10.1 Å². The number of ketones is 2. The van der Waals surface area contributed by atoms with Crippen LogP contribution in [0.1, 0.15) is 32.4 Å². The Kier molecular flexibility index (Phi) is 6.31. The topological polar surface area (TPSA) is 89.5 Å². The van der Waals surface area contributed by atoms with Gasteiger partial charge in [-0.1, -0.05) is 77.8 Å². The first-order valence-electron chi connectivity index (χ1n) is 11.0. The summed E-state index contributed by atoms with van der Waals surface area (Å²) in [6, 6.07) is 23.3. The normalized spacial score (nSPS) is 15.2. The number of nitrogens with one attached hydrogen (secondary N) is 1. The van der Waals surface area contributed by atoms with Crippen molar-refractivity contribution in [3.05, 3.63) is 112 Å². The standard InChI is InChI=1S/C28H17Cl2NO5/c29-18-11-12-22(21(30)14-18)31-27(34)25(33)23(26-19-7-3-4-8-20(19)28(35)36-26)24(32)17-10-9-15-5-1-2-6-16(15)13-17/h1-14,23,26H,(H,31,34). The molecule has 8 heteroatoms. The lowest BCUT2D eigenvalue weighted by molar-refractivity contribution is -0.138. The zero-order valence-corrected chi connectivity index (χ0v) is 20.0. The number of Topliss-reactive ketones (excluding diaryl/α,β-unsaturated/α-hetero) is 2. The molecule has 0 aromatic heterocycles. The molecule has 1 aliphatic rings. The van der Waals surface area contributed by atoms with Gasteiger partial charge in [-0.3, -0.25) is 14.4 Å². The number of cyclic esters (lactones) is 1. The molecular weight excluding hydrogens is 501 g/mol. The minimum absolute atomic E-state index is 0.124. The molecule has 2 atom stereocenters. The fourth-order valence-corrected chi connectivity index (χ4v) is 4.71. The third kappa shape index (κ3) is 4.37. The van der Waals surface area contributed by atoms with E-state index in [-0.39, 0.29) is 21.8 Å². The molecular formula is C28H17Cl2NO5. The summed E-state index contributed by atoms with van der Waals surface area (Å²) >= 11 is 12.0. The fraction of sp³-hybridized carbons (Fsp3) is 0.0714.